The zero-order chi connectivity index (χ0) is 23.4. The third kappa shape index (κ3) is 4.74. The molecule has 0 saturated heterocycles. The topological polar surface area (TPSA) is 64.8 Å². The van der Waals surface area contributed by atoms with Gasteiger partial charge in [-0.15, -0.1) is 0 Å². The van der Waals surface area contributed by atoms with E-state index in [1.54, 1.807) is 14.2 Å². The van der Waals surface area contributed by atoms with E-state index in [4.69, 9.17) is 15.2 Å². The third-order valence-electron chi connectivity index (χ3n) is 6.71. The van der Waals surface area contributed by atoms with Crippen molar-refractivity contribution in [2.24, 2.45) is 5.73 Å². The highest BCUT2D eigenvalue weighted by molar-refractivity contribution is 5.81. The molecule has 5 heteroatoms. The summed E-state index contributed by atoms with van der Waals surface area (Å²) in [6.07, 6.45) is 2.58. The van der Waals surface area contributed by atoms with Crippen LogP contribution < -0.4 is 15.2 Å². The summed E-state index contributed by atoms with van der Waals surface area (Å²) in [6, 6.07) is 22.0. The number of hydrogen-bond donors (Lipinski definition) is 1. The first-order chi connectivity index (χ1) is 16.0. The summed E-state index contributed by atoms with van der Waals surface area (Å²) < 4.78 is 11.2. The molecule has 0 aliphatic carbocycles. The average Bonchev–Trinajstić information content (AvgIpc) is 2.83. The van der Waals surface area contributed by atoms with E-state index in [1.165, 1.54) is 22.3 Å². The molecule has 33 heavy (non-hydrogen) atoms. The Morgan fingerprint density at radius 1 is 1.03 bits per heavy atom. The molecular weight excluding hydrogens is 412 g/mol. The van der Waals surface area contributed by atoms with Crippen LogP contribution in [0.2, 0.25) is 0 Å². The van der Waals surface area contributed by atoms with Crippen LogP contribution in [0.1, 0.15) is 46.3 Å². The summed E-state index contributed by atoms with van der Waals surface area (Å²) in [7, 11) is 3.32. The highest BCUT2D eigenvalue weighted by Gasteiger charge is 2.36. The molecule has 4 rings (SSSR count). The number of ether oxygens (including phenoxy) is 2. The van der Waals surface area contributed by atoms with E-state index < -0.39 is 6.04 Å². The number of hydrogen-bond acceptors (Lipinski definition) is 4. The molecule has 5 nitrogen and oxygen atoms in total. The fraction of sp³-hybridized carbons (Fsp3) is 0.321. The van der Waals surface area contributed by atoms with Gasteiger partial charge in [0, 0.05) is 12.6 Å². The second-order valence-electron chi connectivity index (χ2n) is 8.59. The second-order valence-corrected chi connectivity index (χ2v) is 8.59. The summed E-state index contributed by atoms with van der Waals surface area (Å²) in [6.45, 7) is 2.88. The molecule has 3 aromatic rings. The molecule has 0 spiro atoms. The number of methoxy groups -OCH3 is 2. The summed E-state index contributed by atoms with van der Waals surface area (Å²) in [5.74, 6) is 1.11. The van der Waals surface area contributed by atoms with Gasteiger partial charge in [-0.2, -0.15) is 0 Å². The van der Waals surface area contributed by atoms with E-state index in [-0.39, 0.29) is 11.9 Å². The van der Waals surface area contributed by atoms with Crippen LogP contribution in [0.4, 0.5) is 0 Å². The van der Waals surface area contributed by atoms with Gasteiger partial charge in [0.05, 0.1) is 14.2 Å². The van der Waals surface area contributed by atoms with Crippen molar-refractivity contribution in [2.45, 2.75) is 38.3 Å². The number of benzene rings is 3. The monoisotopic (exact) mass is 444 g/mol. The lowest BCUT2D eigenvalue weighted by Gasteiger charge is -2.41. The Balaban J connectivity index is 1.77. The molecule has 0 fully saturated rings. The number of primary amides is 1. The number of carbonyl (C=O) groups excluding carboxylic acids is 1. The molecule has 1 amide bonds. The molecule has 3 aromatic carbocycles. The molecule has 1 heterocycles. The van der Waals surface area contributed by atoms with E-state index in [0.29, 0.717) is 5.75 Å². The van der Waals surface area contributed by atoms with Gasteiger partial charge in [0.25, 0.3) is 0 Å². The minimum absolute atomic E-state index is 0.0193. The van der Waals surface area contributed by atoms with E-state index in [1.807, 2.05) is 30.3 Å². The van der Waals surface area contributed by atoms with Crippen LogP contribution in [0.25, 0.3) is 0 Å². The van der Waals surface area contributed by atoms with Crippen LogP contribution >= 0.6 is 0 Å². The SMILES string of the molecule is COc1cc2c(cc1OC)[C@H](CCc1ccccc1C)N(C(C(N)=O)c1ccccc1)CC2. The van der Waals surface area contributed by atoms with Crippen molar-refractivity contribution >= 4 is 5.91 Å². The van der Waals surface area contributed by atoms with Gasteiger partial charge in [-0.1, -0.05) is 54.6 Å². The molecule has 1 unspecified atom stereocenters. The molecule has 0 saturated carbocycles. The average molecular weight is 445 g/mol. The number of aryl methyl sites for hydroxylation is 2. The number of carbonyl (C=O) groups is 1. The summed E-state index contributed by atoms with van der Waals surface area (Å²) in [5, 5.41) is 0. The lowest BCUT2D eigenvalue weighted by Crippen LogP contribution is -2.44. The third-order valence-corrected chi connectivity index (χ3v) is 6.71. The van der Waals surface area contributed by atoms with Gasteiger partial charge in [-0.3, -0.25) is 9.69 Å². The summed E-state index contributed by atoms with van der Waals surface area (Å²) in [4.78, 5) is 15.0. The maximum absolute atomic E-state index is 12.7. The van der Waals surface area contributed by atoms with Crippen molar-refractivity contribution in [3.63, 3.8) is 0 Å². The Kier molecular flexibility index (Phi) is 6.99. The van der Waals surface area contributed by atoms with E-state index in [2.05, 4.69) is 48.2 Å². The largest absolute Gasteiger partial charge is 0.493 e. The van der Waals surface area contributed by atoms with Crippen molar-refractivity contribution in [2.75, 3.05) is 20.8 Å². The number of rotatable bonds is 8. The summed E-state index contributed by atoms with van der Waals surface area (Å²) in [5.41, 5.74) is 11.9. The quantitative estimate of drug-likeness (QED) is 0.544. The normalized spacial score (nSPS) is 16.6. The lowest BCUT2D eigenvalue weighted by molar-refractivity contribution is -0.124. The molecule has 2 N–H and O–H groups in total. The Morgan fingerprint density at radius 3 is 2.36 bits per heavy atom. The first-order valence-corrected chi connectivity index (χ1v) is 11.4. The van der Waals surface area contributed by atoms with Crippen LogP contribution in [0, 0.1) is 6.92 Å². The van der Waals surface area contributed by atoms with Gasteiger partial charge in [0.15, 0.2) is 11.5 Å². The zero-order valence-electron chi connectivity index (χ0n) is 19.6. The first-order valence-electron chi connectivity index (χ1n) is 11.4. The fourth-order valence-corrected chi connectivity index (χ4v) is 5.02. The first kappa shape index (κ1) is 22.9. The molecule has 1 aliphatic rings. The van der Waals surface area contributed by atoms with Gasteiger partial charge in [-0.25, -0.2) is 0 Å². The van der Waals surface area contributed by atoms with Crippen LogP contribution in [-0.2, 0) is 17.6 Å². The Bertz CT molecular complexity index is 1110. The highest BCUT2D eigenvalue weighted by atomic mass is 16.5. The Morgan fingerprint density at radius 2 is 1.70 bits per heavy atom. The second kappa shape index (κ2) is 10.1. The maximum atomic E-state index is 12.7. The molecule has 0 aromatic heterocycles. The fourth-order valence-electron chi connectivity index (χ4n) is 5.02. The molecule has 1 aliphatic heterocycles. The maximum Gasteiger partial charge on any atom is 0.239 e. The van der Waals surface area contributed by atoms with E-state index in [9.17, 15) is 4.79 Å². The lowest BCUT2D eigenvalue weighted by atomic mass is 9.86. The number of fused-ring (bicyclic) bond motifs is 1. The van der Waals surface area contributed by atoms with Crippen molar-refractivity contribution in [3.05, 3.63) is 94.5 Å². The molecule has 2 atom stereocenters. The predicted octanol–water partition coefficient (Wildman–Crippen LogP) is 4.77. The van der Waals surface area contributed by atoms with Crippen molar-refractivity contribution in [1.29, 1.82) is 0 Å². The standard InChI is InChI=1S/C28H32N2O3/c1-19-9-7-8-10-20(19)13-14-24-23-18-26(33-3)25(32-2)17-22(23)15-16-30(24)27(28(29)31)21-11-5-4-6-12-21/h4-12,17-18,24,27H,13-16H2,1-3H3,(H2,29,31)/t24-,27?/m0/s1. The van der Waals surface area contributed by atoms with Gasteiger partial charge in [0.2, 0.25) is 5.91 Å². The minimum atomic E-state index is -0.491. The Labute approximate surface area is 196 Å². The number of amides is 1. The van der Waals surface area contributed by atoms with Crippen LogP contribution in [0.3, 0.4) is 0 Å². The van der Waals surface area contributed by atoms with Gasteiger partial charge >= 0.3 is 0 Å². The zero-order valence-corrected chi connectivity index (χ0v) is 19.6. The van der Waals surface area contributed by atoms with Crippen molar-refractivity contribution in [1.82, 2.24) is 4.90 Å². The Hall–Kier alpha value is -3.31. The van der Waals surface area contributed by atoms with Crippen molar-refractivity contribution < 1.29 is 14.3 Å². The van der Waals surface area contributed by atoms with Crippen LogP contribution in [0.15, 0.2) is 66.7 Å². The van der Waals surface area contributed by atoms with Gasteiger partial charge in [0.1, 0.15) is 6.04 Å². The number of nitrogens with zero attached hydrogens (tertiary/aromatic N) is 1. The van der Waals surface area contributed by atoms with Crippen molar-refractivity contribution in [3.8, 4) is 11.5 Å². The highest BCUT2D eigenvalue weighted by Crippen LogP contribution is 2.43. The van der Waals surface area contributed by atoms with Crippen LogP contribution in [0.5, 0.6) is 11.5 Å². The molecule has 172 valence electrons. The van der Waals surface area contributed by atoms with Gasteiger partial charge < -0.3 is 15.2 Å². The van der Waals surface area contributed by atoms with E-state index in [0.717, 1.165) is 37.1 Å². The molecule has 0 bridgehead atoms. The summed E-state index contributed by atoms with van der Waals surface area (Å²) >= 11 is 0. The minimum Gasteiger partial charge on any atom is -0.493 e. The number of nitrogens with two attached hydrogens (primary N) is 1. The van der Waals surface area contributed by atoms with Gasteiger partial charge in [-0.05, 0) is 66.1 Å². The smallest absolute Gasteiger partial charge is 0.239 e. The molecule has 0 radical (unpaired) electrons. The van der Waals surface area contributed by atoms with E-state index >= 15 is 0 Å². The predicted molar refractivity (Wildman–Crippen MR) is 131 cm³/mol. The van der Waals surface area contributed by atoms with Crippen LogP contribution in [-0.4, -0.2) is 31.6 Å². The molecular formula is C28H32N2O3.